The Bertz CT molecular complexity index is 973. The van der Waals surface area contributed by atoms with E-state index in [4.69, 9.17) is 11.6 Å². The molecule has 178 valence electrons. The Morgan fingerprint density at radius 1 is 1.03 bits per heavy atom. The third-order valence-electron chi connectivity index (χ3n) is 6.34. The molecule has 0 atom stereocenters. The number of alkyl halides is 3. The van der Waals surface area contributed by atoms with E-state index in [1.165, 1.54) is 12.1 Å². The van der Waals surface area contributed by atoms with E-state index in [-0.39, 0.29) is 30.9 Å². The number of rotatable bonds is 4. The minimum atomic E-state index is -4.47. The summed E-state index contributed by atoms with van der Waals surface area (Å²) in [7, 11) is 0. The average Bonchev–Trinajstić information content (AvgIpc) is 2.80. The van der Waals surface area contributed by atoms with E-state index in [1.54, 1.807) is 11.0 Å². The predicted molar refractivity (Wildman–Crippen MR) is 117 cm³/mol. The van der Waals surface area contributed by atoms with Gasteiger partial charge in [0, 0.05) is 39.3 Å². The fraction of sp³-hybridized carbons (Fsp3) is 0.500. The summed E-state index contributed by atoms with van der Waals surface area (Å²) in [6, 6.07) is 8.32. The van der Waals surface area contributed by atoms with E-state index >= 15 is 0 Å². The molecular formula is C22H25ClF3N5O2. The number of benzene rings is 1. The molecule has 0 bridgehead atoms. The smallest absolute Gasteiger partial charge is 0.385 e. The number of anilines is 1. The molecule has 1 amide bonds. The van der Waals surface area contributed by atoms with Gasteiger partial charge in [0.15, 0.2) is 11.0 Å². The van der Waals surface area contributed by atoms with Crippen LogP contribution in [0.25, 0.3) is 0 Å². The van der Waals surface area contributed by atoms with Gasteiger partial charge in [-0.25, -0.2) is 0 Å². The summed E-state index contributed by atoms with van der Waals surface area (Å²) in [6.45, 7) is 3.66. The SMILES string of the molecule is O=C(CN1CCN(c2ccc(Cl)nn2)CC1)N1CCC(O)(c2cccc(C(F)(F)F)c2)CC1. The molecule has 0 radical (unpaired) electrons. The predicted octanol–water partition coefficient (Wildman–Crippen LogP) is 2.78. The minimum absolute atomic E-state index is 0.0409. The third-order valence-corrected chi connectivity index (χ3v) is 6.55. The molecule has 2 fully saturated rings. The van der Waals surface area contributed by atoms with Gasteiger partial charge >= 0.3 is 6.18 Å². The Kier molecular flexibility index (Phi) is 6.78. The quantitative estimate of drug-likeness (QED) is 0.721. The molecule has 2 aromatic rings. The third kappa shape index (κ3) is 5.56. The van der Waals surface area contributed by atoms with E-state index in [9.17, 15) is 23.1 Å². The molecule has 4 rings (SSSR count). The molecule has 7 nitrogen and oxygen atoms in total. The van der Waals surface area contributed by atoms with Gasteiger partial charge < -0.3 is 14.9 Å². The van der Waals surface area contributed by atoms with Crippen molar-refractivity contribution < 1.29 is 23.1 Å². The minimum Gasteiger partial charge on any atom is -0.385 e. The van der Waals surface area contributed by atoms with Crippen LogP contribution in [-0.4, -0.2) is 76.8 Å². The maximum absolute atomic E-state index is 13.0. The van der Waals surface area contributed by atoms with Crippen LogP contribution < -0.4 is 4.90 Å². The molecule has 0 aliphatic carbocycles. The summed E-state index contributed by atoms with van der Waals surface area (Å²) >= 11 is 5.78. The Morgan fingerprint density at radius 2 is 1.73 bits per heavy atom. The van der Waals surface area contributed by atoms with E-state index in [1.807, 2.05) is 6.07 Å². The fourth-order valence-electron chi connectivity index (χ4n) is 4.30. The number of amides is 1. The molecule has 33 heavy (non-hydrogen) atoms. The van der Waals surface area contributed by atoms with Crippen LogP contribution in [0.2, 0.25) is 5.15 Å². The van der Waals surface area contributed by atoms with Crippen LogP contribution in [0.15, 0.2) is 36.4 Å². The lowest BCUT2D eigenvalue weighted by atomic mass is 9.83. The largest absolute Gasteiger partial charge is 0.416 e. The lowest BCUT2D eigenvalue weighted by Gasteiger charge is -2.40. The first kappa shape index (κ1) is 23.7. The first-order chi connectivity index (χ1) is 15.6. The standard InChI is InChI=1S/C22H25ClF3N5O2/c23-18-4-5-19(28-27-18)30-12-10-29(11-13-30)15-20(32)31-8-6-21(33,7-9-31)16-2-1-3-17(14-16)22(24,25)26/h1-5,14,33H,6-13,15H2. The highest BCUT2D eigenvalue weighted by molar-refractivity contribution is 6.29. The monoisotopic (exact) mass is 483 g/mol. The van der Waals surface area contributed by atoms with Crippen LogP contribution in [0.3, 0.4) is 0 Å². The zero-order valence-corrected chi connectivity index (χ0v) is 18.7. The van der Waals surface area contributed by atoms with Gasteiger partial charge in [0.2, 0.25) is 5.91 Å². The maximum Gasteiger partial charge on any atom is 0.416 e. The molecule has 1 aromatic carbocycles. The van der Waals surface area contributed by atoms with Gasteiger partial charge in [-0.05, 0) is 42.7 Å². The Hall–Kier alpha value is -2.43. The zero-order valence-electron chi connectivity index (χ0n) is 17.9. The highest BCUT2D eigenvalue weighted by Gasteiger charge is 2.38. The number of aromatic nitrogens is 2. The van der Waals surface area contributed by atoms with E-state index < -0.39 is 17.3 Å². The first-order valence-corrected chi connectivity index (χ1v) is 11.2. The molecule has 2 aliphatic heterocycles. The number of piperidine rings is 1. The maximum atomic E-state index is 13.0. The molecule has 11 heteroatoms. The number of piperazine rings is 1. The van der Waals surface area contributed by atoms with Crippen LogP contribution >= 0.6 is 11.6 Å². The van der Waals surface area contributed by atoms with Gasteiger partial charge in [-0.1, -0.05) is 23.7 Å². The fourth-order valence-corrected chi connectivity index (χ4v) is 4.40. The van der Waals surface area contributed by atoms with Crippen molar-refractivity contribution in [1.29, 1.82) is 0 Å². The second-order valence-electron chi connectivity index (χ2n) is 8.47. The van der Waals surface area contributed by atoms with Gasteiger partial charge in [-0.3, -0.25) is 9.69 Å². The van der Waals surface area contributed by atoms with Gasteiger partial charge in [0.05, 0.1) is 17.7 Å². The number of likely N-dealkylation sites (tertiary alicyclic amines) is 1. The van der Waals surface area contributed by atoms with Gasteiger partial charge in [0.25, 0.3) is 0 Å². The normalized spacial score (nSPS) is 19.5. The molecule has 2 saturated heterocycles. The van der Waals surface area contributed by atoms with Crippen molar-refractivity contribution in [2.75, 3.05) is 50.7 Å². The number of halogens is 4. The van der Waals surface area contributed by atoms with Crippen molar-refractivity contribution in [3.63, 3.8) is 0 Å². The molecule has 0 unspecified atom stereocenters. The van der Waals surface area contributed by atoms with Crippen molar-refractivity contribution >= 4 is 23.3 Å². The van der Waals surface area contributed by atoms with Crippen LogP contribution in [-0.2, 0) is 16.6 Å². The van der Waals surface area contributed by atoms with Crippen LogP contribution in [0.4, 0.5) is 19.0 Å². The van der Waals surface area contributed by atoms with Crippen molar-refractivity contribution in [2.45, 2.75) is 24.6 Å². The molecule has 1 N–H and O–H groups in total. The number of nitrogens with zero attached hydrogens (tertiary/aromatic N) is 5. The zero-order chi connectivity index (χ0) is 23.6. The number of aliphatic hydroxyl groups is 1. The van der Waals surface area contributed by atoms with Gasteiger partial charge in [0.1, 0.15) is 0 Å². The summed E-state index contributed by atoms with van der Waals surface area (Å²) in [5, 5.41) is 19.2. The van der Waals surface area contributed by atoms with Crippen LogP contribution in [0, 0.1) is 0 Å². The second-order valence-corrected chi connectivity index (χ2v) is 8.86. The molecule has 0 saturated carbocycles. The topological polar surface area (TPSA) is 72.8 Å². The highest BCUT2D eigenvalue weighted by atomic mass is 35.5. The average molecular weight is 484 g/mol. The summed E-state index contributed by atoms with van der Waals surface area (Å²) in [5.74, 6) is 0.705. The number of hydrogen-bond donors (Lipinski definition) is 1. The molecule has 0 spiro atoms. The lowest BCUT2D eigenvalue weighted by molar-refractivity contribution is -0.137. The van der Waals surface area contributed by atoms with Gasteiger partial charge in [-0.15, -0.1) is 10.2 Å². The van der Waals surface area contributed by atoms with Crippen molar-refractivity contribution in [2.24, 2.45) is 0 Å². The van der Waals surface area contributed by atoms with E-state index in [2.05, 4.69) is 20.0 Å². The Labute approximate surface area is 194 Å². The van der Waals surface area contributed by atoms with E-state index in [0.29, 0.717) is 44.4 Å². The number of carbonyl (C=O) groups excluding carboxylic acids is 1. The molecule has 3 heterocycles. The van der Waals surface area contributed by atoms with E-state index in [0.717, 1.165) is 18.0 Å². The molecule has 1 aromatic heterocycles. The first-order valence-electron chi connectivity index (χ1n) is 10.8. The van der Waals surface area contributed by atoms with Crippen LogP contribution in [0.5, 0.6) is 0 Å². The summed E-state index contributed by atoms with van der Waals surface area (Å²) < 4.78 is 39.1. The number of carbonyl (C=O) groups is 1. The number of hydrogen-bond acceptors (Lipinski definition) is 6. The van der Waals surface area contributed by atoms with Gasteiger partial charge in [-0.2, -0.15) is 13.2 Å². The lowest BCUT2D eigenvalue weighted by Crippen LogP contribution is -2.52. The Balaban J connectivity index is 1.28. The highest BCUT2D eigenvalue weighted by Crippen LogP contribution is 2.36. The molecule has 2 aliphatic rings. The molecular weight excluding hydrogens is 459 g/mol. The van der Waals surface area contributed by atoms with Crippen molar-refractivity contribution in [3.8, 4) is 0 Å². The summed E-state index contributed by atoms with van der Waals surface area (Å²) in [6.07, 6.45) is -4.07. The summed E-state index contributed by atoms with van der Waals surface area (Å²) in [5.41, 5.74) is -1.91. The summed E-state index contributed by atoms with van der Waals surface area (Å²) in [4.78, 5) is 18.6. The Morgan fingerprint density at radius 3 is 2.33 bits per heavy atom. The second kappa shape index (κ2) is 9.44. The van der Waals surface area contributed by atoms with Crippen molar-refractivity contribution in [1.82, 2.24) is 20.0 Å². The van der Waals surface area contributed by atoms with Crippen LogP contribution in [0.1, 0.15) is 24.0 Å². The van der Waals surface area contributed by atoms with Crippen molar-refractivity contribution in [3.05, 3.63) is 52.7 Å².